The molecule has 0 saturated carbocycles. The van der Waals surface area contributed by atoms with Gasteiger partial charge in [0.25, 0.3) is 5.69 Å². The largest absolute Gasteiger partial charge is 0.304 e. The van der Waals surface area contributed by atoms with Gasteiger partial charge >= 0.3 is 0 Å². The summed E-state index contributed by atoms with van der Waals surface area (Å²) < 4.78 is 0. The first kappa shape index (κ1) is 19.9. The summed E-state index contributed by atoms with van der Waals surface area (Å²) in [6, 6.07) is 13.8. The van der Waals surface area contributed by atoms with E-state index in [1.54, 1.807) is 6.07 Å². The van der Waals surface area contributed by atoms with Gasteiger partial charge in [-0.15, -0.1) is 0 Å². The molecule has 1 aliphatic heterocycles. The predicted octanol–water partition coefficient (Wildman–Crippen LogP) is 4.23. The first-order valence-electron chi connectivity index (χ1n) is 9.44. The van der Waals surface area contributed by atoms with Crippen molar-refractivity contribution < 1.29 is 4.92 Å². The fourth-order valence-electron chi connectivity index (χ4n) is 3.26. The second kappa shape index (κ2) is 9.35. The van der Waals surface area contributed by atoms with Gasteiger partial charge in [0.15, 0.2) is 0 Å². The average molecular weight is 386 g/mol. The lowest BCUT2D eigenvalue weighted by molar-refractivity contribution is -0.387. The van der Waals surface area contributed by atoms with Crippen LogP contribution in [-0.2, 0) is 6.42 Å². The Morgan fingerprint density at radius 2 is 1.78 bits per heavy atom. The van der Waals surface area contributed by atoms with Gasteiger partial charge in [-0.05, 0) is 57.1 Å². The van der Waals surface area contributed by atoms with E-state index in [0.29, 0.717) is 4.90 Å². The number of nitro groups is 1. The Morgan fingerprint density at radius 1 is 1.07 bits per heavy atom. The van der Waals surface area contributed by atoms with Crippen LogP contribution in [0.25, 0.3) is 0 Å². The van der Waals surface area contributed by atoms with Crippen LogP contribution in [0.1, 0.15) is 17.5 Å². The zero-order valence-electron chi connectivity index (χ0n) is 16.1. The summed E-state index contributed by atoms with van der Waals surface area (Å²) in [5.74, 6) is 0. The van der Waals surface area contributed by atoms with Crippen LogP contribution in [0.3, 0.4) is 0 Å². The molecule has 0 aromatic heterocycles. The van der Waals surface area contributed by atoms with Crippen LogP contribution >= 0.6 is 11.8 Å². The minimum Gasteiger partial charge on any atom is -0.304 e. The van der Waals surface area contributed by atoms with Crippen LogP contribution in [0, 0.1) is 17.0 Å². The van der Waals surface area contributed by atoms with Crippen molar-refractivity contribution in [1.82, 2.24) is 9.80 Å². The molecule has 0 spiro atoms. The van der Waals surface area contributed by atoms with E-state index in [1.165, 1.54) is 17.3 Å². The molecule has 0 unspecified atom stereocenters. The van der Waals surface area contributed by atoms with E-state index in [4.69, 9.17) is 0 Å². The van der Waals surface area contributed by atoms with Crippen molar-refractivity contribution in [2.24, 2.45) is 0 Å². The number of benzene rings is 2. The van der Waals surface area contributed by atoms with E-state index in [2.05, 4.69) is 16.8 Å². The first-order valence-corrected chi connectivity index (χ1v) is 10.3. The minimum absolute atomic E-state index is 0.206. The highest BCUT2D eigenvalue weighted by Crippen LogP contribution is 2.35. The van der Waals surface area contributed by atoms with Gasteiger partial charge in [0.1, 0.15) is 0 Å². The molecular formula is C21H27N3O2S. The van der Waals surface area contributed by atoms with Crippen molar-refractivity contribution in [2.45, 2.75) is 29.6 Å². The molecule has 0 amide bonds. The molecule has 27 heavy (non-hydrogen) atoms. The molecule has 0 bridgehead atoms. The maximum Gasteiger partial charge on any atom is 0.283 e. The Balaban J connectivity index is 1.61. The normalized spacial score (nSPS) is 15.8. The lowest BCUT2D eigenvalue weighted by Crippen LogP contribution is -2.44. The lowest BCUT2D eigenvalue weighted by atomic mass is 10.1. The Morgan fingerprint density at radius 3 is 2.44 bits per heavy atom. The summed E-state index contributed by atoms with van der Waals surface area (Å²) in [5.41, 5.74) is 2.44. The van der Waals surface area contributed by atoms with Crippen LogP contribution in [0.5, 0.6) is 0 Å². The molecule has 6 heteroatoms. The van der Waals surface area contributed by atoms with Crippen LogP contribution in [0.4, 0.5) is 5.69 Å². The average Bonchev–Trinajstić information content (AvgIpc) is 2.66. The van der Waals surface area contributed by atoms with Gasteiger partial charge in [0.2, 0.25) is 0 Å². The Hall–Kier alpha value is -1.89. The zero-order chi connectivity index (χ0) is 19.2. The third-order valence-electron chi connectivity index (χ3n) is 5.00. The molecule has 1 heterocycles. The second-order valence-electron chi connectivity index (χ2n) is 7.22. The van der Waals surface area contributed by atoms with Crippen molar-refractivity contribution in [1.29, 1.82) is 0 Å². The Labute approximate surface area is 165 Å². The standard InChI is InChI=1S/C21H27N3O2S/c1-17-5-8-19(9-6-17)27-21-10-7-18(16-20(21)24(25)26)4-3-11-23-14-12-22(2)13-15-23/h5-10,16H,3-4,11-15H2,1-2H3. The van der Waals surface area contributed by atoms with Crippen molar-refractivity contribution in [2.75, 3.05) is 39.8 Å². The summed E-state index contributed by atoms with van der Waals surface area (Å²) in [7, 11) is 2.16. The SMILES string of the molecule is Cc1ccc(Sc2ccc(CCCN3CCN(C)CC3)cc2[N+](=O)[O-])cc1. The molecule has 0 atom stereocenters. The second-order valence-corrected chi connectivity index (χ2v) is 8.34. The first-order chi connectivity index (χ1) is 13.0. The highest BCUT2D eigenvalue weighted by Gasteiger charge is 2.17. The molecule has 0 aliphatic carbocycles. The predicted molar refractivity (Wildman–Crippen MR) is 111 cm³/mol. The number of hydrogen-bond acceptors (Lipinski definition) is 5. The van der Waals surface area contributed by atoms with E-state index in [9.17, 15) is 10.1 Å². The van der Waals surface area contributed by atoms with Crippen molar-refractivity contribution >= 4 is 17.4 Å². The fraction of sp³-hybridized carbons (Fsp3) is 0.429. The molecule has 144 valence electrons. The number of rotatable bonds is 7. The molecule has 5 nitrogen and oxygen atoms in total. The Kier molecular flexibility index (Phi) is 6.88. The third-order valence-corrected chi connectivity index (χ3v) is 6.08. The summed E-state index contributed by atoms with van der Waals surface area (Å²) in [6.07, 6.45) is 1.91. The number of hydrogen-bond donors (Lipinski definition) is 0. The van der Waals surface area contributed by atoms with E-state index in [-0.39, 0.29) is 10.6 Å². The van der Waals surface area contributed by atoms with Crippen LogP contribution in [0.2, 0.25) is 0 Å². The molecule has 1 saturated heterocycles. The lowest BCUT2D eigenvalue weighted by Gasteiger charge is -2.32. The highest BCUT2D eigenvalue weighted by molar-refractivity contribution is 7.99. The minimum atomic E-state index is -0.263. The zero-order valence-corrected chi connectivity index (χ0v) is 16.9. The van der Waals surface area contributed by atoms with E-state index in [1.807, 2.05) is 43.3 Å². The molecule has 2 aromatic rings. The number of likely N-dealkylation sites (N-methyl/N-ethyl adjacent to an activating group) is 1. The molecule has 0 N–H and O–H groups in total. The molecular weight excluding hydrogens is 358 g/mol. The summed E-state index contributed by atoms with van der Waals surface area (Å²) in [4.78, 5) is 17.8. The third kappa shape index (κ3) is 5.79. The maximum atomic E-state index is 11.5. The number of nitro benzene ring substituents is 1. The van der Waals surface area contributed by atoms with Gasteiger partial charge in [-0.1, -0.05) is 35.5 Å². The quantitative estimate of drug-likeness (QED) is 0.527. The van der Waals surface area contributed by atoms with Gasteiger partial charge in [0, 0.05) is 37.1 Å². The van der Waals surface area contributed by atoms with Gasteiger partial charge in [-0.25, -0.2) is 0 Å². The van der Waals surface area contributed by atoms with Crippen LogP contribution < -0.4 is 0 Å². The van der Waals surface area contributed by atoms with Gasteiger partial charge in [-0.3, -0.25) is 10.1 Å². The maximum absolute atomic E-state index is 11.5. The molecule has 1 aliphatic rings. The van der Waals surface area contributed by atoms with Crippen molar-refractivity contribution in [3.8, 4) is 0 Å². The Bertz CT molecular complexity index is 771. The van der Waals surface area contributed by atoms with E-state index in [0.717, 1.165) is 56.0 Å². The number of piperazine rings is 1. The molecule has 3 rings (SSSR count). The number of nitrogens with zero attached hydrogens (tertiary/aromatic N) is 3. The van der Waals surface area contributed by atoms with Crippen LogP contribution in [0.15, 0.2) is 52.3 Å². The molecule has 1 fully saturated rings. The summed E-state index contributed by atoms with van der Waals surface area (Å²) in [6.45, 7) is 7.56. The van der Waals surface area contributed by atoms with Gasteiger partial charge < -0.3 is 9.80 Å². The van der Waals surface area contributed by atoms with Gasteiger partial charge in [0.05, 0.1) is 9.82 Å². The highest BCUT2D eigenvalue weighted by atomic mass is 32.2. The van der Waals surface area contributed by atoms with Gasteiger partial charge in [-0.2, -0.15) is 0 Å². The van der Waals surface area contributed by atoms with Crippen molar-refractivity contribution in [3.05, 3.63) is 63.7 Å². The monoisotopic (exact) mass is 385 g/mol. The van der Waals surface area contributed by atoms with Crippen molar-refractivity contribution in [3.63, 3.8) is 0 Å². The molecule has 2 aromatic carbocycles. The smallest absolute Gasteiger partial charge is 0.283 e. The molecule has 0 radical (unpaired) electrons. The summed E-state index contributed by atoms with van der Waals surface area (Å²) in [5, 5.41) is 11.5. The van der Waals surface area contributed by atoms with Crippen LogP contribution in [-0.4, -0.2) is 54.5 Å². The van der Waals surface area contributed by atoms with E-state index >= 15 is 0 Å². The van der Waals surface area contributed by atoms with E-state index < -0.39 is 0 Å². The summed E-state index contributed by atoms with van der Waals surface area (Å²) >= 11 is 1.45. The topological polar surface area (TPSA) is 49.6 Å². The number of aryl methyl sites for hydroxylation is 2. The fourth-order valence-corrected chi connectivity index (χ4v) is 4.16.